The molecule has 0 radical (unpaired) electrons. The molecule has 0 aromatic rings. The second-order valence-corrected chi connectivity index (χ2v) is 7.66. The van der Waals surface area contributed by atoms with Gasteiger partial charge in [0.05, 0.1) is 6.61 Å². The van der Waals surface area contributed by atoms with Crippen molar-refractivity contribution in [2.24, 2.45) is 0 Å². The third-order valence-electron chi connectivity index (χ3n) is 5.00. The highest BCUT2D eigenvalue weighted by molar-refractivity contribution is 4.93. The highest BCUT2D eigenvalue weighted by atomic mass is 16.7. The topological polar surface area (TPSA) is 12.5 Å². The van der Waals surface area contributed by atoms with Crippen LogP contribution in [0, 0.1) is 0 Å². The minimum Gasteiger partial charge on any atom is -0.274 e. The van der Waals surface area contributed by atoms with E-state index in [-0.39, 0.29) is 0 Å². The van der Waals surface area contributed by atoms with Crippen LogP contribution in [-0.4, -0.2) is 18.7 Å². The molecule has 0 aliphatic heterocycles. The lowest BCUT2D eigenvalue weighted by Gasteiger charge is -2.15. The van der Waals surface area contributed by atoms with Crippen LogP contribution in [0.3, 0.4) is 0 Å². The normalized spacial score (nSPS) is 11.9. The molecular formula is C23H47NO. The molecule has 0 spiro atoms. The molecule has 0 aromatic carbocycles. The average Bonchev–Trinajstić information content (AvgIpc) is 2.61. The van der Waals surface area contributed by atoms with E-state index >= 15 is 0 Å². The van der Waals surface area contributed by atoms with Crippen LogP contribution in [0.4, 0.5) is 0 Å². The van der Waals surface area contributed by atoms with Crippen molar-refractivity contribution in [3.05, 3.63) is 11.8 Å². The summed E-state index contributed by atoms with van der Waals surface area (Å²) in [6.45, 7) is 7.46. The number of nitrogens with zero attached hydrogens (tertiary/aromatic N) is 1. The third kappa shape index (κ3) is 19.7. The van der Waals surface area contributed by atoms with Crippen LogP contribution in [0.2, 0.25) is 0 Å². The number of hydrogen-bond donors (Lipinski definition) is 0. The number of hydroxylamine groups is 2. The van der Waals surface area contributed by atoms with Gasteiger partial charge in [-0.2, -0.15) is 0 Å². The van der Waals surface area contributed by atoms with Crippen molar-refractivity contribution in [3.8, 4) is 0 Å². The molecule has 0 atom stereocenters. The Morgan fingerprint density at radius 1 is 0.680 bits per heavy atom. The number of allylic oxidation sites excluding steroid dienone is 1. The van der Waals surface area contributed by atoms with E-state index in [1.807, 2.05) is 12.1 Å². The molecule has 0 saturated heterocycles. The maximum atomic E-state index is 5.68. The van der Waals surface area contributed by atoms with Gasteiger partial charge in [-0.1, -0.05) is 109 Å². The van der Waals surface area contributed by atoms with Crippen molar-refractivity contribution in [1.82, 2.24) is 5.06 Å². The Kier molecular flexibility index (Phi) is 19.4. The van der Waals surface area contributed by atoms with Crippen LogP contribution >= 0.6 is 0 Å². The van der Waals surface area contributed by atoms with Gasteiger partial charge in [-0.3, -0.25) is 9.90 Å². The lowest BCUT2D eigenvalue weighted by atomic mass is 10.0. The Bertz CT molecular complexity index is 288. The quantitative estimate of drug-likeness (QED) is 0.172. The summed E-state index contributed by atoms with van der Waals surface area (Å²) in [5.74, 6) is 0. The second kappa shape index (κ2) is 19.8. The molecular weight excluding hydrogens is 306 g/mol. The van der Waals surface area contributed by atoms with Gasteiger partial charge in [0.2, 0.25) is 0 Å². The molecule has 0 saturated carbocycles. The molecule has 150 valence electrons. The molecule has 0 rings (SSSR count). The van der Waals surface area contributed by atoms with Crippen LogP contribution in [0.1, 0.15) is 124 Å². The molecule has 2 nitrogen and oxygen atoms in total. The number of hydrogen-bond acceptors (Lipinski definition) is 2. The summed E-state index contributed by atoms with van der Waals surface area (Å²) in [4.78, 5) is 5.68. The summed E-state index contributed by atoms with van der Waals surface area (Å²) in [7, 11) is 1.99. The van der Waals surface area contributed by atoms with Crippen LogP contribution in [0.15, 0.2) is 11.8 Å². The standard InChI is InChI=1S/C23H47NO/c1-5-7-8-9-10-11-12-13-14-15-16-17-18-19-20-21-25-24(4)22-23(3)6-2/h22H,5-21H2,1-4H3. The van der Waals surface area contributed by atoms with Crippen LogP contribution in [-0.2, 0) is 4.84 Å². The van der Waals surface area contributed by atoms with Crippen molar-refractivity contribution >= 4 is 0 Å². The first-order valence-electron chi connectivity index (χ1n) is 11.2. The van der Waals surface area contributed by atoms with Gasteiger partial charge >= 0.3 is 0 Å². The molecule has 0 aliphatic rings. The Hall–Kier alpha value is -0.500. The van der Waals surface area contributed by atoms with Crippen LogP contribution in [0.5, 0.6) is 0 Å². The molecule has 0 fully saturated rings. The van der Waals surface area contributed by atoms with Gasteiger partial charge in [0.25, 0.3) is 0 Å². The van der Waals surface area contributed by atoms with E-state index < -0.39 is 0 Å². The maximum Gasteiger partial charge on any atom is 0.0748 e. The fourth-order valence-corrected chi connectivity index (χ4v) is 3.12. The minimum atomic E-state index is 0.849. The van der Waals surface area contributed by atoms with Crippen LogP contribution in [0.25, 0.3) is 0 Å². The van der Waals surface area contributed by atoms with E-state index in [2.05, 4.69) is 27.0 Å². The summed E-state index contributed by atoms with van der Waals surface area (Å²) in [6, 6.07) is 0. The largest absolute Gasteiger partial charge is 0.274 e. The average molecular weight is 354 g/mol. The Labute approximate surface area is 159 Å². The molecule has 0 amide bonds. The predicted molar refractivity (Wildman–Crippen MR) is 113 cm³/mol. The molecule has 0 aliphatic carbocycles. The zero-order valence-electron chi connectivity index (χ0n) is 18.0. The van der Waals surface area contributed by atoms with Crippen molar-refractivity contribution in [3.63, 3.8) is 0 Å². The van der Waals surface area contributed by atoms with Crippen molar-refractivity contribution < 1.29 is 4.84 Å². The molecule has 0 N–H and O–H groups in total. The molecule has 0 bridgehead atoms. The SMILES string of the molecule is CCCCCCCCCCCCCCCCCON(C)C=C(C)CC. The monoisotopic (exact) mass is 353 g/mol. The van der Waals surface area contributed by atoms with Gasteiger partial charge in [-0.15, -0.1) is 0 Å². The highest BCUT2D eigenvalue weighted by Crippen LogP contribution is 2.13. The Balaban J connectivity index is 3.14. The van der Waals surface area contributed by atoms with E-state index in [0.29, 0.717) is 0 Å². The molecule has 0 unspecified atom stereocenters. The summed E-state index contributed by atoms with van der Waals surface area (Å²) >= 11 is 0. The Morgan fingerprint density at radius 2 is 1.08 bits per heavy atom. The van der Waals surface area contributed by atoms with Gasteiger partial charge < -0.3 is 0 Å². The summed E-state index contributed by atoms with van der Waals surface area (Å²) in [6.07, 6.45) is 24.3. The van der Waals surface area contributed by atoms with Crippen LogP contribution < -0.4 is 0 Å². The van der Waals surface area contributed by atoms with E-state index in [9.17, 15) is 0 Å². The fourth-order valence-electron chi connectivity index (χ4n) is 3.12. The smallest absolute Gasteiger partial charge is 0.0748 e. The molecule has 0 heterocycles. The minimum absolute atomic E-state index is 0.849. The molecule has 2 heteroatoms. The van der Waals surface area contributed by atoms with E-state index in [1.54, 1.807) is 0 Å². The lowest BCUT2D eigenvalue weighted by molar-refractivity contribution is -0.102. The van der Waals surface area contributed by atoms with Gasteiger partial charge in [0.15, 0.2) is 0 Å². The molecule has 0 aromatic heterocycles. The first kappa shape index (κ1) is 24.5. The van der Waals surface area contributed by atoms with Gasteiger partial charge in [0.1, 0.15) is 0 Å². The maximum absolute atomic E-state index is 5.68. The zero-order valence-corrected chi connectivity index (χ0v) is 18.0. The van der Waals surface area contributed by atoms with E-state index in [4.69, 9.17) is 4.84 Å². The highest BCUT2D eigenvalue weighted by Gasteiger charge is 1.96. The van der Waals surface area contributed by atoms with E-state index in [0.717, 1.165) is 13.0 Å². The van der Waals surface area contributed by atoms with Gasteiger partial charge in [-0.05, 0) is 19.8 Å². The van der Waals surface area contributed by atoms with Crippen molar-refractivity contribution in [2.45, 2.75) is 124 Å². The van der Waals surface area contributed by atoms with E-state index in [1.165, 1.54) is 102 Å². The lowest BCUT2D eigenvalue weighted by Crippen LogP contribution is -2.13. The van der Waals surface area contributed by atoms with Gasteiger partial charge in [0, 0.05) is 13.2 Å². The molecule has 25 heavy (non-hydrogen) atoms. The number of rotatable bonds is 19. The summed E-state index contributed by atoms with van der Waals surface area (Å²) in [5, 5.41) is 1.86. The fraction of sp³-hybridized carbons (Fsp3) is 0.913. The first-order valence-corrected chi connectivity index (χ1v) is 11.2. The third-order valence-corrected chi connectivity index (χ3v) is 5.00. The Morgan fingerprint density at radius 3 is 1.48 bits per heavy atom. The van der Waals surface area contributed by atoms with Gasteiger partial charge in [-0.25, -0.2) is 0 Å². The first-order chi connectivity index (χ1) is 12.2. The zero-order chi connectivity index (χ0) is 18.6. The van der Waals surface area contributed by atoms with Crippen molar-refractivity contribution in [1.29, 1.82) is 0 Å². The van der Waals surface area contributed by atoms with Crippen molar-refractivity contribution in [2.75, 3.05) is 13.7 Å². The second-order valence-electron chi connectivity index (χ2n) is 7.66. The number of unbranched alkanes of at least 4 members (excludes halogenated alkanes) is 14. The summed E-state index contributed by atoms with van der Waals surface area (Å²) < 4.78 is 0. The predicted octanol–water partition coefficient (Wildman–Crippen LogP) is 8.04. The summed E-state index contributed by atoms with van der Waals surface area (Å²) in [5.41, 5.74) is 1.36.